The van der Waals surface area contributed by atoms with Crippen LogP contribution in [0.2, 0.25) is 0 Å². The van der Waals surface area contributed by atoms with Crippen LogP contribution in [0.15, 0.2) is 22.8 Å². The molecule has 2 heteroatoms. The van der Waals surface area contributed by atoms with Crippen molar-refractivity contribution in [2.24, 2.45) is 0 Å². The summed E-state index contributed by atoms with van der Waals surface area (Å²) in [4.78, 5) is 0. The lowest BCUT2D eigenvalue weighted by atomic mass is 9.96. The number of rotatable bonds is 4. The van der Waals surface area contributed by atoms with Crippen LogP contribution in [0, 0.1) is 6.92 Å². The van der Waals surface area contributed by atoms with Crippen molar-refractivity contribution in [1.29, 1.82) is 0 Å². The minimum Gasteiger partial charge on any atom is -0.464 e. The van der Waals surface area contributed by atoms with Crippen molar-refractivity contribution in [3.63, 3.8) is 0 Å². The number of furan rings is 1. The van der Waals surface area contributed by atoms with Crippen molar-refractivity contribution in [2.45, 2.75) is 59.4 Å². The molecule has 1 aromatic heterocycles. The van der Waals surface area contributed by atoms with Gasteiger partial charge in [-0.1, -0.05) is 26.0 Å². The van der Waals surface area contributed by atoms with E-state index in [0.717, 1.165) is 18.5 Å². The maximum atomic E-state index is 5.88. The van der Waals surface area contributed by atoms with E-state index in [0.29, 0.717) is 5.92 Å². The van der Waals surface area contributed by atoms with Crippen LogP contribution in [-0.4, -0.2) is 12.1 Å². The Kier molecular flexibility index (Phi) is 4.24. The van der Waals surface area contributed by atoms with Crippen LogP contribution < -0.4 is 5.32 Å². The van der Waals surface area contributed by atoms with E-state index < -0.39 is 0 Å². The van der Waals surface area contributed by atoms with Gasteiger partial charge < -0.3 is 9.73 Å². The summed E-state index contributed by atoms with van der Waals surface area (Å²) in [6, 6.07) is 4.41. The predicted molar refractivity (Wildman–Crippen MR) is 86.5 cm³/mol. The van der Waals surface area contributed by atoms with E-state index in [1.54, 1.807) is 0 Å². The van der Waals surface area contributed by atoms with Crippen LogP contribution in [0.5, 0.6) is 0 Å². The first-order chi connectivity index (χ1) is 9.29. The molecule has 0 bridgehead atoms. The third-order valence-corrected chi connectivity index (χ3v) is 3.71. The smallest absolute Gasteiger partial charge is 0.137 e. The van der Waals surface area contributed by atoms with Gasteiger partial charge in [0.05, 0.1) is 6.26 Å². The van der Waals surface area contributed by atoms with Gasteiger partial charge in [0.25, 0.3) is 0 Å². The van der Waals surface area contributed by atoms with Crippen LogP contribution in [-0.2, 0) is 6.42 Å². The Labute approximate surface area is 122 Å². The van der Waals surface area contributed by atoms with Crippen LogP contribution in [0.4, 0.5) is 0 Å². The molecule has 0 fully saturated rings. The van der Waals surface area contributed by atoms with Crippen LogP contribution in [0.25, 0.3) is 11.0 Å². The van der Waals surface area contributed by atoms with Gasteiger partial charge in [0.1, 0.15) is 5.58 Å². The van der Waals surface area contributed by atoms with E-state index in [1.807, 2.05) is 6.26 Å². The Bertz CT molecular complexity index is 587. The van der Waals surface area contributed by atoms with Gasteiger partial charge in [-0.05, 0) is 63.3 Å². The van der Waals surface area contributed by atoms with Crippen LogP contribution >= 0.6 is 0 Å². The summed E-state index contributed by atoms with van der Waals surface area (Å²) in [6.45, 7) is 14.2. The molecule has 1 N–H and O–H groups in total. The van der Waals surface area contributed by atoms with E-state index >= 15 is 0 Å². The molecule has 20 heavy (non-hydrogen) atoms. The zero-order valence-corrected chi connectivity index (χ0v) is 13.6. The van der Waals surface area contributed by atoms with Crippen molar-refractivity contribution in [1.82, 2.24) is 5.32 Å². The molecule has 0 aliphatic carbocycles. The summed E-state index contributed by atoms with van der Waals surface area (Å²) in [5, 5.41) is 4.85. The molecule has 0 amide bonds. The second kappa shape index (κ2) is 5.61. The Hall–Kier alpha value is -1.28. The summed E-state index contributed by atoms with van der Waals surface area (Å²) in [5.74, 6) is 0.491. The third-order valence-electron chi connectivity index (χ3n) is 3.71. The summed E-state index contributed by atoms with van der Waals surface area (Å²) in [7, 11) is 0. The molecule has 0 unspecified atom stereocenters. The zero-order valence-electron chi connectivity index (χ0n) is 13.6. The van der Waals surface area contributed by atoms with Gasteiger partial charge in [0, 0.05) is 10.9 Å². The molecule has 2 rings (SSSR count). The molecule has 0 aliphatic heterocycles. The van der Waals surface area contributed by atoms with Crippen LogP contribution in [0.3, 0.4) is 0 Å². The largest absolute Gasteiger partial charge is 0.464 e. The summed E-state index contributed by atoms with van der Waals surface area (Å²) < 4.78 is 5.88. The molecule has 0 radical (unpaired) electrons. The molecule has 2 nitrogen and oxygen atoms in total. The van der Waals surface area contributed by atoms with E-state index in [9.17, 15) is 0 Å². The second-order valence-electron chi connectivity index (χ2n) is 7.02. The molecule has 1 heterocycles. The SMILES string of the molecule is Cc1ccc(C(C)C)c2occ(CCNC(C)(C)C)c12. The molecule has 110 valence electrons. The van der Waals surface area contributed by atoms with Gasteiger partial charge in [0.2, 0.25) is 0 Å². The normalized spacial score (nSPS) is 12.6. The van der Waals surface area contributed by atoms with Gasteiger partial charge in [-0.25, -0.2) is 0 Å². The number of nitrogens with one attached hydrogen (secondary N) is 1. The highest BCUT2D eigenvalue weighted by Gasteiger charge is 2.15. The first kappa shape index (κ1) is 15.1. The first-order valence-corrected chi connectivity index (χ1v) is 7.54. The molecule has 0 atom stereocenters. The maximum Gasteiger partial charge on any atom is 0.137 e. The standard InChI is InChI=1S/C18H27NO/c1-12(2)15-8-7-13(3)16-14(11-20-17(15)16)9-10-19-18(4,5)6/h7-8,11-12,19H,9-10H2,1-6H3. The molecule has 0 saturated heterocycles. The van der Waals surface area contributed by atoms with Gasteiger partial charge >= 0.3 is 0 Å². The molecule has 2 aromatic rings. The predicted octanol–water partition coefficient (Wildman–Crippen LogP) is 4.80. The molecule has 0 aliphatic rings. The number of benzene rings is 1. The van der Waals surface area contributed by atoms with Crippen molar-refractivity contribution in [3.8, 4) is 0 Å². The summed E-state index contributed by atoms with van der Waals surface area (Å²) in [6.07, 6.45) is 2.94. The number of fused-ring (bicyclic) bond motifs is 1. The van der Waals surface area contributed by atoms with E-state index in [1.165, 1.54) is 22.1 Å². The fraction of sp³-hybridized carbons (Fsp3) is 0.556. The number of hydrogen-bond acceptors (Lipinski definition) is 2. The minimum absolute atomic E-state index is 0.164. The van der Waals surface area contributed by atoms with E-state index in [4.69, 9.17) is 4.42 Å². The highest BCUT2D eigenvalue weighted by molar-refractivity contribution is 5.87. The third kappa shape index (κ3) is 3.24. The highest BCUT2D eigenvalue weighted by atomic mass is 16.3. The quantitative estimate of drug-likeness (QED) is 0.866. The Balaban J connectivity index is 2.29. The molecular weight excluding hydrogens is 246 g/mol. The molecule has 0 spiro atoms. The summed E-state index contributed by atoms with van der Waals surface area (Å²) in [5.41, 5.74) is 5.17. The fourth-order valence-electron chi connectivity index (χ4n) is 2.62. The second-order valence-corrected chi connectivity index (χ2v) is 7.02. The van der Waals surface area contributed by atoms with Gasteiger partial charge in [-0.15, -0.1) is 0 Å². The lowest BCUT2D eigenvalue weighted by molar-refractivity contribution is 0.429. The molecule has 0 saturated carbocycles. The Morgan fingerprint density at radius 2 is 1.90 bits per heavy atom. The Morgan fingerprint density at radius 3 is 2.50 bits per heavy atom. The highest BCUT2D eigenvalue weighted by Crippen LogP contribution is 2.31. The van der Waals surface area contributed by atoms with E-state index in [2.05, 4.69) is 59.0 Å². The van der Waals surface area contributed by atoms with Gasteiger partial charge in [-0.2, -0.15) is 0 Å². The first-order valence-electron chi connectivity index (χ1n) is 7.54. The van der Waals surface area contributed by atoms with Gasteiger partial charge in [-0.3, -0.25) is 0 Å². The molecule has 1 aromatic carbocycles. The average molecular weight is 273 g/mol. The number of aryl methyl sites for hydroxylation is 1. The molecular formula is C18H27NO. The minimum atomic E-state index is 0.164. The van der Waals surface area contributed by atoms with E-state index in [-0.39, 0.29) is 5.54 Å². The Morgan fingerprint density at radius 1 is 1.20 bits per heavy atom. The van der Waals surface area contributed by atoms with Crippen LogP contribution in [0.1, 0.15) is 57.2 Å². The fourth-order valence-corrected chi connectivity index (χ4v) is 2.62. The topological polar surface area (TPSA) is 25.2 Å². The monoisotopic (exact) mass is 273 g/mol. The lowest BCUT2D eigenvalue weighted by Gasteiger charge is -2.20. The average Bonchev–Trinajstić information content (AvgIpc) is 2.72. The maximum absolute atomic E-state index is 5.88. The van der Waals surface area contributed by atoms with Crippen molar-refractivity contribution < 1.29 is 4.42 Å². The zero-order chi connectivity index (χ0) is 14.9. The van der Waals surface area contributed by atoms with Crippen molar-refractivity contribution in [2.75, 3.05) is 6.54 Å². The number of hydrogen-bond donors (Lipinski definition) is 1. The van der Waals surface area contributed by atoms with Gasteiger partial charge in [0.15, 0.2) is 0 Å². The van der Waals surface area contributed by atoms with Crippen molar-refractivity contribution in [3.05, 3.63) is 35.1 Å². The lowest BCUT2D eigenvalue weighted by Crippen LogP contribution is -2.37. The van der Waals surface area contributed by atoms with Crippen molar-refractivity contribution >= 4 is 11.0 Å². The summed E-state index contributed by atoms with van der Waals surface area (Å²) >= 11 is 0.